The minimum atomic E-state index is -4.50. The minimum Gasteiger partial charge on any atom is -0.306 e. The number of aromatic nitrogens is 1. The van der Waals surface area contributed by atoms with Crippen LogP contribution >= 0.6 is 0 Å². The first kappa shape index (κ1) is 19.9. The monoisotopic (exact) mass is 421 g/mol. The molecule has 4 rings (SSSR count). The smallest absolute Gasteiger partial charge is 0.306 e. The van der Waals surface area contributed by atoms with Crippen LogP contribution in [0.15, 0.2) is 71.9 Å². The maximum absolute atomic E-state index is 12.8. The predicted octanol–water partition coefficient (Wildman–Crippen LogP) is 6.22. The molecule has 2 aromatic carbocycles. The highest BCUT2D eigenvalue weighted by Crippen LogP contribution is 2.34. The van der Waals surface area contributed by atoms with Crippen LogP contribution in [0.2, 0.25) is 0 Å². The van der Waals surface area contributed by atoms with Crippen LogP contribution in [0, 0.1) is 0 Å². The molecule has 3 aromatic rings. The number of nitrogens with zero attached hydrogens (tertiary/aromatic N) is 3. The maximum Gasteiger partial charge on any atom is 0.417 e. The number of amidine groups is 1. The largest absolute Gasteiger partial charge is 0.417 e. The lowest BCUT2D eigenvalue weighted by Crippen LogP contribution is -2.25. The predicted molar refractivity (Wildman–Crippen MR) is 99.5 cm³/mol. The van der Waals surface area contributed by atoms with Gasteiger partial charge in [-0.25, -0.2) is 9.98 Å². The summed E-state index contributed by atoms with van der Waals surface area (Å²) >= 11 is 0. The number of hydrogen-bond acceptors (Lipinski definition) is 2. The van der Waals surface area contributed by atoms with Gasteiger partial charge in [0.2, 0.25) is 0 Å². The lowest BCUT2D eigenvalue weighted by Gasteiger charge is -2.19. The van der Waals surface area contributed by atoms with Crippen LogP contribution in [0.3, 0.4) is 0 Å². The summed E-state index contributed by atoms with van der Waals surface area (Å²) in [5, 5.41) is 0. The summed E-state index contributed by atoms with van der Waals surface area (Å²) in [5.74, 6) is 0.655. The summed E-state index contributed by atoms with van der Waals surface area (Å²) in [7, 11) is 0. The molecule has 0 unspecified atom stereocenters. The number of fused-ring (bicyclic) bond motifs is 1. The molecule has 0 spiro atoms. The van der Waals surface area contributed by atoms with Gasteiger partial charge in [-0.2, -0.15) is 26.3 Å². The second kappa shape index (κ2) is 7.16. The van der Waals surface area contributed by atoms with E-state index >= 15 is 0 Å². The van der Waals surface area contributed by atoms with Crippen LogP contribution in [0.5, 0.6) is 0 Å². The van der Waals surface area contributed by atoms with Gasteiger partial charge in [-0.1, -0.05) is 24.3 Å². The van der Waals surface area contributed by atoms with Gasteiger partial charge >= 0.3 is 12.4 Å². The topological polar surface area (TPSA) is 28.5 Å². The van der Waals surface area contributed by atoms with Crippen molar-refractivity contribution in [3.63, 3.8) is 0 Å². The van der Waals surface area contributed by atoms with E-state index in [1.54, 1.807) is 17.0 Å². The van der Waals surface area contributed by atoms with Gasteiger partial charge in [0.1, 0.15) is 11.7 Å². The van der Waals surface area contributed by atoms with E-state index in [9.17, 15) is 26.3 Å². The van der Waals surface area contributed by atoms with Crippen molar-refractivity contribution >= 4 is 17.3 Å². The first-order valence-electron chi connectivity index (χ1n) is 8.78. The Morgan fingerprint density at radius 3 is 2.00 bits per heavy atom. The van der Waals surface area contributed by atoms with Crippen molar-refractivity contribution in [2.45, 2.75) is 18.9 Å². The van der Waals surface area contributed by atoms with Crippen LogP contribution < -0.4 is 4.90 Å². The fourth-order valence-corrected chi connectivity index (χ4v) is 3.14. The van der Waals surface area contributed by atoms with Crippen molar-refractivity contribution in [3.05, 3.63) is 89.1 Å². The number of pyridine rings is 1. The molecular weight excluding hydrogens is 408 g/mol. The number of hydrogen-bond donors (Lipinski definition) is 0. The average Bonchev–Trinajstić information content (AvgIpc) is 3.06. The second-order valence-corrected chi connectivity index (χ2v) is 6.63. The zero-order valence-electron chi connectivity index (χ0n) is 15.2. The van der Waals surface area contributed by atoms with Crippen LogP contribution in [-0.4, -0.2) is 10.8 Å². The molecule has 0 N–H and O–H groups in total. The number of alkyl halides is 6. The highest BCUT2D eigenvalue weighted by molar-refractivity contribution is 6.14. The number of rotatable bonds is 2. The van der Waals surface area contributed by atoms with Crippen LogP contribution in [0.1, 0.15) is 22.3 Å². The maximum atomic E-state index is 12.8. The Kier molecular flexibility index (Phi) is 4.76. The molecular formula is C21H13F6N3. The molecule has 0 aliphatic carbocycles. The summed E-state index contributed by atoms with van der Waals surface area (Å²) in [6, 6.07) is 13.8. The number of aliphatic imine (C=N–C) groups is 1. The Morgan fingerprint density at radius 2 is 1.40 bits per heavy atom. The molecule has 9 heteroatoms. The molecule has 0 saturated carbocycles. The molecule has 0 fully saturated rings. The van der Waals surface area contributed by atoms with Gasteiger partial charge in [-0.3, -0.25) is 0 Å². The van der Waals surface area contributed by atoms with E-state index < -0.39 is 23.5 Å². The summed E-state index contributed by atoms with van der Waals surface area (Å²) in [5.41, 5.74) is 0.235. The number of benzene rings is 2. The van der Waals surface area contributed by atoms with Crippen LogP contribution in [-0.2, 0) is 18.9 Å². The molecule has 0 radical (unpaired) electrons. The molecule has 0 amide bonds. The van der Waals surface area contributed by atoms with Gasteiger partial charge in [0, 0.05) is 11.8 Å². The molecule has 0 atom stereocenters. The molecule has 1 aromatic heterocycles. The zero-order chi connectivity index (χ0) is 21.5. The highest BCUT2D eigenvalue weighted by atomic mass is 19.4. The summed E-state index contributed by atoms with van der Waals surface area (Å²) in [6.45, 7) is 0.327. The Bertz CT molecular complexity index is 1080. The number of anilines is 1. The third-order valence-electron chi connectivity index (χ3n) is 4.62. The molecule has 1 aliphatic heterocycles. The summed E-state index contributed by atoms with van der Waals surface area (Å²) in [4.78, 5) is 10.0. The van der Waals surface area contributed by atoms with E-state index in [2.05, 4.69) is 9.98 Å². The quantitative estimate of drug-likeness (QED) is 0.460. The van der Waals surface area contributed by atoms with E-state index in [4.69, 9.17) is 0 Å². The summed E-state index contributed by atoms with van der Waals surface area (Å²) in [6.07, 6.45) is -8.22. The molecule has 30 heavy (non-hydrogen) atoms. The lowest BCUT2D eigenvalue weighted by molar-refractivity contribution is -0.138. The Labute approximate surface area is 167 Å². The molecule has 1 aliphatic rings. The third-order valence-corrected chi connectivity index (χ3v) is 4.62. The zero-order valence-corrected chi connectivity index (χ0v) is 15.2. The third kappa shape index (κ3) is 3.87. The molecule has 0 bridgehead atoms. The van der Waals surface area contributed by atoms with E-state index in [1.807, 2.05) is 12.1 Å². The van der Waals surface area contributed by atoms with Gasteiger partial charge in [0.05, 0.1) is 23.4 Å². The fourth-order valence-electron chi connectivity index (χ4n) is 3.14. The van der Waals surface area contributed by atoms with Crippen LogP contribution in [0.4, 0.5) is 37.8 Å². The van der Waals surface area contributed by atoms with E-state index in [0.717, 1.165) is 35.5 Å². The molecule has 3 nitrogen and oxygen atoms in total. The van der Waals surface area contributed by atoms with E-state index in [0.29, 0.717) is 12.4 Å². The van der Waals surface area contributed by atoms with Crippen molar-refractivity contribution in [3.8, 4) is 0 Å². The number of halogens is 6. The first-order valence-corrected chi connectivity index (χ1v) is 8.78. The SMILES string of the molecule is FC(F)(F)c1ccc(N=C2c3ccccc3CN2c2ccc(C(F)(F)F)cn2)cc1. The van der Waals surface area contributed by atoms with E-state index in [-0.39, 0.29) is 11.5 Å². The van der Waals surface area contributed by atoms with Gasteiger partial charge in [0.25, 0.3) is 0 Å². The van der Waals surface area contributed by atoms with Crippen LogP contribution in [0.25, 0.3) is 0 Å². The minimum absolute atomic E-state index is 0.255. The van der Waals surface area contributed by atoms with E-state index in [1.165, 1.54) is 18.2 Å². The normalized spacial score (nSPS) is 15.5. The average molecular weight is 421 g/mol. The van der Waals surface area contributed by atoms with Crippen molar-refractivity contribution in [1.29, 1.82) is 0 Å². The molecule has 154 valence electrons. The van der Waals surface area contributed by atoms with Crippen molar-refractivity contribution in [2.75, 3.05) is 4.90 Å². The Balaban J connectivity index is 1.73. The van der Waals surface area contributed by atoms with Gasteiger partial charge in [0.15, 0.2) is 0 Å². The van der Waals surface area contributed by atoms with Crippen molar-refractivity contribution < 1.29 is 26.3 Å². The highest BCUT2D eigenvalue weighted by Gasteiger charge is 2.33. The first-order chi connectivity index (χ1) is 14.1. The van der Waals surface area contributed by atoms with Gasteiger partial charge in [-0.15, -0.1) is 0 Å². The fraction of sp³-hybridized carbons (Fsp3) is 0.143. The standard InChI is InChI=1S/C21H13F6N3/c22-20(23,24)14-5-8-16(9-6-14)29-19-17-4-2-1-3-13(17)12-30(19)18-10-7-15(11-28-18)21(25,26)27/h1-11H,12H2. The molecule has 0 saturated heterocycles. The molecule has 2 heterocycles. The van der Waals surface area contributed by atoms with Crippen molar-refractivity contribution in [1.82, 2.24) is 4.98 Å². The Morgan fingerprint density at radius 1 is 0.767 bits per heavy atom. The Hall–Kier alpha value is -3.36. The van der Waals surface area contributed by atoms with Crippen molar-refractivity contribution in [2.24, 2.45) is 4.99 Å². The van der Waals surface area contributed by atoms with Gasteiger partial charge < -0.3 is 4.90 Å². The van der Waals surface area contributed by atoms with Gasteiger partial charge in [-0.05, 0) is 42.0 Å². The lowest BCUT2D eigenvalue weighted by atomic mass is 10.1. The second-order valence-electron chi connectivity index (χ2n) is 6.63. The summed E-state index contributed by atoms with van der Waals surface area (Å²) < 4.78 is 76.9.